The Hall–Kier alpha value is -0.910. The van der Waals surface area contributed by atoms with E-state index < -0.39 is 23.7 Å². The first-order chi connectivity index (χ1) is 8.25. The molecule has 0 bridgehead atoms. The molecule has 1 unspecified atom stereocenters. The zero-order valence-electron chi connectivity index (χ0n) is 10.9. The van der Waals surface area contributed by atoms with Crippen LogP contribution < -0.4 is 0 Å². The minimum Gasteiger partial charge on any atom is -0.480 e. The van der Waals surface area contributed by atoms with Crippen molar-refractivity contribution >= 4 is 23.8 Å². The summed E-state index contributed by atoms with van der Waals surface area (Å²) in [4.78, 5) is 24.8. The number of ether oxygens (including phenoxy) is 1. The lowest BCUT2D eigenvalue weighted by atomic mass is 9.78. The Morgan fingerprint density at radius 2 is 2.00 bits per heavy atom. The van der Waals surface area contributed by atoms with E-state index in [2.05, 4.69) is 0 Å². The number of amides is 1. The molecule has 5 nitrogen and oxygen atoms in total. The maximum atomic E-state index is 12.0. The summed E-state index contributed by atoms with van der Waals surface area (Å²) in [5, 5.41) is 9.37. The molecular formula is C12H19NO4S. The minimum atomic E-state index is -0.925. The van der Waals surface area contributed by atoms with Gasteiger partial charge in [0, 0.05) is 4.75 Å². The topological polar surface area (TPSA) is 66.8 Å². The van der Waals surface area contributed by atoms with Crippen molar-refractivity contribution in [2.45, 2.75) is 56.4 Å². The van der Waals surface area contributed by atoms with Crippen LogP contribution in [-0.4, -0.2) is 44.3 Å². The number of thioether (sulfide) groups is 1. The summed E-state index contributed by atoms with van der Waals surface area (Å²) in [5.74, 6) is -0.517. The summed E-state index contributed by atoms with van der Waals surface area (Å²) < 4.78 is 5.00. The summed E-state index contributed by atoms with van der Waals surface area (Å²) in [6.07, 6.45) is 2.26. The fourth-order valence-electron chi connectivity index (χ4n) is 2.42. The van der Waals surface area contributed by atoms with Gasteiger partial charge in [-0.05, 0) is 33.6 Å². The number of carboxylic acid groups (broad SMARTS) is 1. The van der Waals surface area contributed by atoms with Gasteiger partial charge in [-0.3, -0.25) is 4.90 Å². The van der Waals surface area contributed by atoms with E-state index in [0.717, 1.165) is 19.3 Å². The highest BCUT2D eigenvalue weighted by atomic mass is 32.2. The number of aliphatic carboxylic acids is 1. The Balaban J connectivity index is 2.13. The highest BCUT2D eigenvalue weighted by Crippen LogP contribution is 2.53. The molecule has 1 saturated heterocycles. The van der Waals surface area contributed by atoms with Crippen molar-refractivity contribution in [3.05, 3.63) is 0 Å². The summed E-state index contributed by atoms with van der Waals surface area (Å²) >= 11 is 1.57. The number of rotatable bonds is 1. The molecule has 2 fully saturated rings. The highest BCUT2D eigenvalue weighted by molar-refractivity contribution is 8.01. The molecule has 1 heterocycles. The normalized spacial score (nSPS) is 25.9. The fraction of sp³-hybridized carbons (Fsp3) is 0.833. The van der Waals surface area contributed by atoms with Crippen LogP contribution in [0.4, 0.5) is 4.79 Å². The van der Waals surface area contributed by atoms with E-state index in [9.17, 15) is 14.7 Å². The maximum Gasteiger partial charge on any atom is 0.411 e. The van der Waals surface area contributed by atoms with Gasteiger partial charge in [-0.15, -0.1) is 11.8 Å². The van der Waals surface area contributed by atoms with Gasteiger partial charge in [0.25, 0.3) is 0 Å². The molecule has 1 spiro atoms. The molecular weight excluding hydrogens is 254 g/mol. The number of carbonyl (C=O) groups excluding carboxylic acids is 1. The highest BCUT2D eigenvalue weighted by Gasteiger charge is 2.57. The number of nitrogens with zero attached hydrogens (tertiary/aromatic N) is 1. The Morgan fingerprint density at radius 1 is 1.39 bits per heavy atom. The molecule has 0 radical (unpaired) electrons. The van der Waals surface area contributed by atoms with Gasteiger partial charge in [-0.25, -0.2) is 9.59 Å². The molecule has 102 valence electrons. The zero-order chi connectivity index (χ0) is 13.6. The Labute approximate surface area is 111 Å². The van der Waals surface area contributed by atoms with Gasteiger partial charge in [0.05, 0.1) is 5.88 Å². The van der Waals surface area contributed by atoms with Crippen molar-refractivity contribution in [3.8, 4) is 0 Å². The maximum absolute atomic E-state index is 12.0. The van der Waals surface area contributed by atoms with E-state index in [4.69, 9.17) is 4.74 Å². The van der Waals surface area contributed by atoms with Crippen molar-refractivity contribution in [1.82, 2.24) is 4.90 Å². The molecule has 6 heteroatoms. The van der Waals surface area contributed by atoms with Crippen molar-refractivity contribution in [3.63, 3.8) is 0 Å². The molecule has 0 aromatic carbocycles. The van der Waals surface area contributed by atoms with Crippen LogP contribution in [0.5, 0.6) is 0 Å². The lowest BCUT2D eigenvalue weighted by molar-refractivity contribution is -0.144. The Morgan fingerprint density at radius 3 is 2.39 bits per heavy atom. The quantitative estimate of drug-likeness (QED) is 0.794. The lowest BCUT2D eigenvalue weighted by Crippen LogP contribution is -2.54. The monoisotopic (exact) mass is 273 g/mol. The average Bonchev–Trinajstić information content (AvgIpc) is 2.53. The zero-order valence-corrected chi connectivity index (χ0v) is 11.7. The van der Waals surface area contributed by atoms with Crippen LogP contribution in [0.15, 0.2) is 0 Å². The van der Waals surface area contributed by atoms with Gasteiger partial charge < -0.3 is 9.84 Å². The van der Waals surface area contributed by atoms with Crippen molar-refractivity contribution in [1.29, 1.82) is 0 Å². The standard InChI is InChI=1S/C12H19NO4S/c1-11(2,3)17-10(16)13-7-18-12(5-4-6-12)8(13)9(14)15/h8H,4-7H2,1-3H3,(H,14,15). The largest absolute Gasteiger partial charge is 0.480 e. The fourth-order valence-corrected chi connectivity index (χ4v) is 4.03. The van der Waals surface area contributed by atoms with Crippen LogP contribution in [0.2, 0.25) is 0 Å². The van der Waals surface area contributed by atoms with E-state index in [-0.39, 0.29) is 4.75 Å². The minimum absolute atomic E-state index is 0.275. The summed E-state index contributed by atoms with van der Waals surface area (Å²) in [5.41, 5.74) is -0.597. The van der Waals surface area contributed by atoms with E-state index in [1.54, 1.807) is 32.5 Å². The van der Waals surface area contributed by atoms with Crippen LogP contribution in [0.1, 0.15) is 40.0 Å². The summed E-state index contributed by atoms with van der Waals surface area (Å²) in [6.45, 7) is 5.34. The molecule has 2 aliphatic rings. The number of hydrogen-bond donors (Lipinski definition) is 1. The molecule has 1 N–H and O–H groups in total. The van der Waals surface area contributed by atoms with Crippen molar-refractivity contribution in [2.24, 2.45) is 0 Å². The van der Waals surface area contributed by atoms with Gasteiger partial charge in [-0.1, -0.05) is 6.42 Å². The smallest absolute Gasteiger partial charge is 0.411 e. The van der Waals surface area contributed by atoms with Crippen molar-refractivity contribution in [2.75, 3.05) is 5.88 Å². The molecule has 18 heavy (non-hydrogen) atoms. The molecule has 0 aromatic rings. The second kappa shape index (κ2) is 4.33. The molecule has 0 aromatic heterocycles. The van der Waals surface area contributed by atoms with Crippen LogP contribution in [-0.2, 0) is 9.53 Å². The van der Waals surface area contributed by atoms with Gasteiger partial charge in [0.15, 0.2) is 0 Å². The van der Waals surface area contributed by atoms with Crippen LogP contribution in [0.3, 0.4) is 0 Å². The summed E-state index contributed by atoms with van der Waals surface area (Å²) in [7, 11) is 0. The third-order valence-electron chi connectivity index (χ3n) is 3.36. The molecule has 1 aliphatic heterocycles. The van der Waals surface area contributed by atoms with Crippen molar-refractivity contribution < 1.29 is 19.4 Å². The average molecular weight is 273 g/mol. The van der Waals surface area contributed by atoms with Gasteiger partial charge in [0.1, 0.15) is 11.6 Å². The van der Waals surface area contributed by atoms with Gasteiger partial charge >= 0.3 is 12.1 Å². The molecule has 1 amide bonds. The first kappa shape index (κ1) is 13.5. The second-order valence-corrected chi connectivity index (χ2v) is 7.24. The van der Waals surface area contributed by atoms with Crippen LogP contribution in [0, 0.1) is 0 Å². The predicted octanol–water partition coefficient (Wildman–Crippen LogP) is 2.30. The predicted molar refractivity (Wildman–Crippen MR) is 68.5 cm³/mol. The van der Waals surface area contributed by atoms with Gasteiger partial charge in [0.2, 0.25) is 0 Å². The van der Waals surface area contributed by atoms with E-state index in [1.807, 2.05) is 0 Å². The number of hydrogen-bond acceptors (Lipinski definition) is 4. The Bertz CT molecular complexity index is 373. The SMILES string of the molecule is CC(C)(C)OC(=O)N1CSC2(CCC2)C1C(=O)O. The molecule has 2 rings (SSSR count). The van der Waals surface area contributed by atoms with Crippen LogP contribution >= 0.6 is 11.8 Å². The number of carboxylic acids is 1. The van der Waals surface area contributed by atoms with Gasteiger partial charge in [-0.2, -0.15) is 0 Å². The third-order valence-corrected chi connectivity index (χ3v) is 4.98. The molecule has 1 atom stereocenters. The third kappa shape index (κ3) is 2.30. The first-order valence-electron chi connectivity index (χ1n) is 6.12. The lowest BCUT2D eigenvalue weighted by Gasteiger charge is -2.41. The Kier molecular flexibility index (Phi) is 3.25. The van der Waals surface area contributed by atoms with E-state index in [1.165, 1.54) is 4.90 Å². The molecule has 1 saturated carbocycles. The van der Waals surface area contributed by atoms with E-state index >= 15 is 0 Å². The van der Waals surface area contributed by atoms with Crippen LogP contribution in [0.25, 0.3) is 0 Å². The summed E-state index contributed by atoms with van der Waals surface area (Å²) in [6, 6.07) is -0.744. The molecule has 1 aliphatic carbocycles. The number of carbonyl (C=O) groups is 2. The second-order valence-electron chi connectivity index (χ2n) is 5.88. The van der Waals surface area contributed by atoms with E-state index in [0.29, 0.717) is 5.88 Å². The first-order valence-corrected chi connectivity index (χ1v) is 7.10.